The number of hydrogen-bond donors (Lipinski definition) is 0. The van der Waals surface area contributed by atoms with Crippen LogP contribution in [0.1, 0.15) is 51.2 Å². The van der Waals surface area contributed by atoms with Gasteiger partial charge in [0, 0.05) is 5.82 Å². The Hall–Kier alpha value is -1.31. The Balaban J connectivity index is 1.69. The summed E-state index contributed by atoms with van der Waals surface area (Å²) in [5.74, 6) is 0.932. The molecule has 0 amide bonds. The number of benzene rings is 1. The lowest BCUT2D eigenvalue weighted by atomic mass is 9.79. The maximum Gasteiger partial charge on any atom is 0.461 e. The summed E-state index contributed by atoms with van der Waals surface area (Å²) in [6.45, 7) is 8.36. The fourth-order valence-corrected chi connectivity index (χ4v) is 2.77. The second-order valence-electron chi connectivity index (χ2n) is 6.86. The molecular weight excluding hydrogens is 249 g/mol. The minimum Gasteiger partial charge on any atom is -0.403 e. The SMILES string of the molecule is CC1(C)OB(C2C[C@@H]2c2ccc(C#N)cc2)OC1(C)C. The van der Waals surface area contributed by atoms with Gasteiger partial charge in [0.05, 0.1) is 22.8 Å². The van der Waals surface area contributed by atoms with E-state index >= 15 is 0 Å². The van der Waals surface area contributed by atoms with Gasteiger partial charge in [0.2, 0.25) is 0 Å². The van der Waals surface area contributed by atoms with E-state index < -0.39 is 0 Å². The van der Waals surface area contributed by atoms with Crippen LogP contribution < -0.4 is 0 Å². The third kappa shape index (κ3) is 2.15. The van der Waals surface area contributed by atoms with Crippen molar-refractivity contribution < 1.29 is 9.31 Å². The van der Waals surface area contributed by atoms with Gasteiger partial charge in [0.15, 0.2) is 0 Å². The van der Waals surface area contributed by atoms with Crippen LogP contribution in [0.15, 0.2) is 24.3 Å². The minimum atomic E-state index is -0.254. The molecular formula is C16H20BNO2. The summed E-state index contributed by atoms with van der Waals surface area (Å²) in [7, 11) is -0.111. The van der Waals surface area contributed by atoms with E-state index in [4.69, 9.17) is 14.6 Å². The molecule has 3 nitrogen and oxygen atoms in total. The van der Waals surface area contributed by atoms with Crippen molar-refractivity contribution in [2.24, 2.45) is 0 Å². The van der Waals surface area contributed by atoms with Gasteiger partial charge < -0.3 is 9.31 Å². The molecule has 2 fully saturated rings. The molecule has 20 heavy (non-hydrogen) atoms. The van der Waals surface area contributed by atoms with Gasteiger partial charge in [0.1, 0.15) is 0 Å². The second kappa shape index (κ2) is 4.34. The van der Waals surface area contributed by atoms with Gasteiger partial charge in [-0.3, -0.25) is 0 Å². The zero-order chi connectivity index (χ0) is 14.5. The quantitative estimate of drug-likeness (QED) is 0.771. The molecule has 0 aromatic heterocycles. The smallest absolute Gasteiger partial charge is 0.403 e. The first kappa shape index (κ1) is 13.7. The Bertz CT molecular complexity index is 543. The second-order valence-corrected chi connectivity index (χ2v) is 6.86. The van der Waals surface area contributed by atoms with Crippen LogP contribution in [0.2, 0.25) is 5.82 Å². The van der Waals surface area contributed by atoms with Crippen molar-refractivity contribution in [2.45, 2.75) is 57.1 Å². The molecule has 3 rings (SSSR count). The van der Waals surface area contributed by atoms with Crippen LogP contribution in [0.25, 0.3) is 0 Å². The first-order valence-electron chi connectivity index (χ1n) is 7.20. The first-order valence-corrected chi connectivity index (χ1v) is 7.20. The van der Waals surface area contributed by atoms with Gasteiger partial charge in [-0.05, 0) is 57.7 Å². The van der Waals surface area contributed by atoms with Crippen molar-refractivity contribution >= 4 is 7.12 Å². The molecule has 0 radical (unpaired) electrons. The highest BCUT2D eigenvalue weighted by atomic mass is 16.7. The van der Waals surface area contributed by atoms with E-state index in [9.17, 15) is 0 Å². The highest BCUT2D eigenvalue weighted by Crippen LogP contribution is 2.58. The number of hydrogen-bond acceptors (Lipinski definition) is 3. The molecule has 4 heteroatoms. The molecule has 0 N–H and O–H groups in total. The van der Waals surface area contributed by atoms with E-state index in [0.29, 0.717) is 17.3 Å². The van der Waals surface area contributed by atoms with E-state index in [1.807, 2.05) is 12.1 Å². The van der Waals surface area contributed by atoms with E-state index in [1.54, 1.807) is 0 Å². The third-order valence-corrected chi connectivity index (χ3v) is 4.93. The lowest BCUT2D eigenvalue weighted by Crippen LogP contribution is -2.41. The van der Waals surface area contributed by atoms with Crippen LogP contribution in [0, 0.1) is 11.3 Å². The lowest BCUT2D eigenvalue weighted by Gasteiger charge is -2.32. The fraction of sp³-hybridized carbons (Fsp3) is 0.562. The monoisotopic (exact) mass is 269 g/mol. The summed E-state index contributed by atoms with van der Waals surface area (Å²) in [5.41, 5.74) is 1.48. The standard InChI is InChI=1S/C16H20BNO2/c1-15(2)16(3,4)20-17(19-15)14-9-13(14)12-7-5-11(10-18)6-8-12/h5-8,13-14H,9H2,1-4H3/t13-,14?/m1/s1. The predicted octanol–water partition coefficient (Wildman–Crippen LogP) is 3.51. The van der Waals surface area contributed by atoms with Crippen molar-refractivity contribution in [1.29, 1.82) is 5.26 Å². The third-order valence-electron chi connectivity index (χ3n) is 4.93. The van der Waals surface area contributed by atoms with Gasteiger partial charge in [-0.15, -0.1) is 0 Å². The summed E-state index contributed by atoms with van der Waals surface area (Å²) in [6.07, 6.45) is 1.10. The molecule has 1 aliphatic carbocycles. The van der Waals surface area contributed by atoms with E-state index in [-0.39, 0.29) is 18.3 Å². The predicted molar refractivity (Wildman–Crippen MR) is 78.3 cm³/mol. The van der Waals surface area contributed by atoms with E-state index in [2.05, 4.69) is 45.9 Å². The molecule has 104 valence electrons. The summed E-state index contributed by atoms with van der Waals surface area (Å²) >= 11 is 0. The van der Waals surface area contributed by atoms with Crippen LogP contribution in [-0.4, -0.2) is 18.3 Å². The minimum absolute atomic E-state index is 0.111. The number of nitriles is 1. The largest absolute Gasteiger partial charge is 0.461 e. The lowest BCUT2D eigenvalue weighted by molar-refractivity contribution is 0.00578. The van der Waals surface area contributed by atoms with Crippen molar-refractivity contribution in [3.63, 3.8) is 0 Å². The Kier molecular flexibility index (Phi) is 2.97. The normalized spacial score (nSPS) is 30.1. The Morgan fingerprint density at radius 2 is 1.65 bits per heavy atom. The van der Waals surface area contributed by atoms with Gasteiger partial charge in [-0.2, -0.15) is 5.26 Å². The van der Waals surface area contributed by atoms with E-state index in [1.165, 1.54) is 5.56 Å². The highest BCUT2D eigenvalue weighted by molar-refractivity contribution is 6.49. The van der Waals surface area contributed by atoms with Crippen molar-refractivity contribution in [3.8, 4) is 6.07 Å². The topological polar surface area (TPSA) is 42.2 Å². The summed E-state index contributed by atoms with van der Waals surface area (Å²) in [4.78, 5) is 0. The molecule has 1 aromatic carbocycles. The average Bonchev–Trinajstić information content (AvgIpc) is 3.13. The molecule has 1 saturated heterocycles. The molecule has 1 aliphatic heterocycles. The number of nitrogens with zero attached hydrogens (tertiary/aromatic N) is 1. The Labute approximate surface area is 121 Å². The molecule has 2 aliphatic rings. The summed E-state index contributed by atoms with van der Waals surface area (Å²) < 4.78 is 12.2. The van der Waals surface area contributed by atoms with Crippen LogP contribution >= 0.6 is 0 Å². The zero-order valence-electron chi connectivity index (χ0n) is 12.5. The van der Waals surface area contributed by atoms with Crippen molar-refractivity contribution in [1.82, 2.24) is 0 Å². The molecule has 0 bridgehead atoms. The fourth-order valence-electron chi connectivity index (χ4n) is 2.77. The van der Waals surface area contributed by atoms with Gasteiger partial charge in [0.25, 0.3) is 0 Å². The summed E-state index contributed by atoms with van der Waals surface area (Å²) in [5, 5.41) is 8.83. The highest BCUT2D eigenvalue weighted by Gasteiger charge is 2.59. The molecule has 1 unspecified atom stereocenters. The Morgan fingerprint density at radius 1 is 1.10 bits per heavy atom. The van der Waals surface area contributed by atoms with Crippen LogP contribution in [0.4, 0.5) is 0 Å². The van der Waals surface area contributed by atoms with Gasteiger partial charge in [-0.25, -0.2) is 0 Å². The molecule has 1 heterocycles. The summed E-state index contributed by atoms with van der Waals surface area (Å²) in [6, 6.07) is 10.0. The van der Waals surface area contributed by atoms with Crippen LogP contribution in [0.5, 0.6) is 0 Å². The van der Waals surface area contributed by atoms with Crippen molar-refractivity contribution in [2.75, 3.05) is 0 Å². The van der Waals surface area contributed by atoms with Gasteiger partial charge >= 0.3 is 7.12 Å². The average molecular weight is 269 g/mol. The molecule has 1 aromatic rings. The molecule has 1 saturated carbocycles. The van der Waals surface area contributed by atoms with Crippen LogP contribution in [0.3, 0.4) is 0 Å². The maximum absolute atomic E-state index is 8.83. The Morgan fingerprint density at radius 3 is 2.15 bits per heavy atom. The molecule has 0 spiro atoms. The van der Waals surface area contributed by atoms with Crippen molar-refractivity contribution in [3.05, 3.63) is 35.4 Å². The van der Waals surface area contributed by atoms with Crippen LogP contribution in [-0.2, 0) is 9.31 Å². The number of rotatable bonds is 2. The maximum atomic E-state index is 8.83. The first-order chi connectivity index (χ1) is 9.34. The zero-order valence-corrected chi connectivity index (χ0v) is 12.5. The van der Waals surface area contributed by atoms with E-state index in [0.717, 1.165) is 6.42 Å². The molecule has 2 atom stereocenters. The van der Waals surface area contributed by atoms with Gasteiger partial charge in [-0.1, -0.05) is 12.1 Å².